The van der Waals surface area contributed by atoms with Gasteiger partial charge in [-0.3, -0.25) is 9.97 Å². The van der Waals surface area contributed by atoms with Gasteiger partial charge in [0.25, 0.3) is 0 Å². The number of thiocyanates is 2. The molecule has 0 aliphatic heterocycles. The topological polar surface area (TPSA) is 73.4 Å². The third-order valence-corrected chi connectivity index (χ3v) is 3.27. The van der Waals surface area contributed by atoms with Gasteiger partial charge in [0.15, 0.2) is 0 Å². The zero-order valence-electron chi connectivity index (χ0n) is 7.91. The molecule has 0 amide bonds. The number of benzene rings is 1. The van der Waals surface area contributed by atoms with Crippen LogP contribution in [0.3, 0.4) is 0 Å². The predicted octanol–water partition coefficient (Wildman–Crippen LogP) is 2.78. The minimum Gasteiger partial charge on any atom is -0.253 e. The third-order valence-electron chi connectivity index (χ3n) is 1.85. The lowest BCUT2D eigenvalue weighted by Gasteiger charge is -2.02. The molecule has 1 aromatic carbocycles. The lowest BCUT2D eigenvalue weighted by molar-refractivity contribution is 1.22. The largest absolute Gasteiger partial charge is 0.253 e. The average Bonchev–Trinajstić information content (AvgIpc) is 2.30. The molecule has 76 valence electrons. The Kier molecular flexibility index (Phi) is 3.25. The molecule has 1 aromatic heterocycles. The molecule has 0 aliphatic rings. The molecule has 0 bridgehead atoms. The first-order chi connectivity index (χ1) is 7.85. The van der Waals surface area contributed by atoms with Crippen LogP contribution in [0.25, 0.3) is 11.0 Å². The molecule has 4 nitrogen and oxygen atoms in total. The molecule has 0 atom stereocenters. The summed E-state index contributed by atoms with van der Waals surface area (Å²) in [4.78, 5) is 9.77. The number of hydrogen-bond donors (Lipinski definition) is 0. The van der Waals surface area contributed by atoms with Crippen molar-refractivity contribution in [1.82, 2.24) is 9.97 Å². The molecule has 0 saturated carbocycles. The number of rotatable bonds is 2. The number of thioether (sulfide) groups is 2. The van der Waals surface area contributed by atoms with Crippen LogP contribution in [0.2, 0.25) is 0 Å². The predicted molar refractivity (Wildman–Crippen MR) is 62.5 cm³/mol. The van der Waals surface area contributed by atoms with Crippen LogP contribution in [0.1, 0.15) is 0 Å². The van der Waals surface area contributed by atoms with Crippen molar-refractivity contribution in [3.05, 3.63) is 24.5 Å². The molecule has 0 unspecified atom stereocenters. The highest BCUT2D eigenvalue weighted by atomic mass is 32.2. The summed E-state index contributed by atoms with van der Waals surface area (Å²) in [6, 6.07) is 3.55. The summed E-state index contributed by atoms with van der Waals surface area (Å²) < 4.78 is 0. The quantitative estimate of drug-likeness (QED) is 0.597. The maximum absolute atomic E-state index is 8.67. The molecule has 6 heteroatoms. The van der Waals surface area contributed by atoms with Crippen molar-refractivity contribution in [2.24, 2.45) is 0 Å². The lowest BCUT2D eigenvalue weighted by atomic mass is 10.3. The fourth-order valence-electron chi connectivity index (χ4n) is 1.23. The van der Waals surface area contributed by atoms with E-state index in [1.165, 1.54) is 0 Å². The van der Waals surface area contributed by atoms with E-state index in [-0.39, 0.29) is 0 Å². The number of fused-ring (bicyclic) bond motifs is 1. The van der Waals surface area contributed by atoms with Crippen molar-refractivity contribution in [3.63, 3.8) is 0 Å². The normalized spacial score (nSPS) is 9.62. The zero-order valence-corrected chi connectivity index (χ0v) is 9.55. The second-order valence-corrected chi connectivity index (χ2v) is 4.38. The van der Waals surface area contributed by atoms with Crippen LogP contribution < -0.4 is 0 Å². The summed E-state index contributed by atoms with van der Waals surface area (Å²) in [5.74, 6) is 0. The standard InChI is InChI=1S/C10H4N4S2/c11-5-15-9-3-7-8(14-2-1-13-7)4-10(9)16-6-12/h1-4H. The van der Waals surface area contributed by atoms with Gasteiger partial charge in [0.05, 0.1) is 11.0 Å². The van der Waals surface area contributed by atoms with Gasteiger partial charge in [0, 0.05) is 22.2 Å². The van der Waals surface area contributed by atoms with Gasteiger partial charge in [-0.15, -0.1) is 0 Å². The number of nitriles is 2. The number of nitrogens with zero attached hydrogens (tertiary/aromatic N) is 4. The third kappa shape index (κ3) is 2.08. The van der Waals surface area contributed by atoms with Crippen LogP contribution in [0.5, 0.6) is 0 Å². The Balaban J connectivity index is 2.63. The van der Waals surface area contributed by atoms with Crippen LogP contribution in [0.4, 0.5) is 0 Å². The monoisotopic (exact) mass is 244 g/mol. The van der Waals surface area contributed by atoms with E-state index in [4.69, 9.17) is 10.5 Å². The Morgan fingerprint density at radius 1 is 0.875 bits per heavy atom. The highest BCUT2D eigenvalue weighted by molar-refractivity contribution is 8.06. The van der Waals surface area contributed by atoms with E-state index in [1.54, 1.807) is 24.5 Å². The van der Waals surface area contributed by atoms with Crippen LogP contribution >= 0.6 is 23.5 Å². The highest BCUT2D eigenvalue weighted by Crippen LogP contribution is 2.32. The summed E-state index contributed by atoms with van der Waals surface area (Å²) in [6.07, 6.45) is 3.19. The number of aromatic nitrogens is 2. The SMILES string of the molecule is N#CSc1cc2nccnc2cc1SC#N. The Morgan fingerprint density at radius 2 is 1.31 bits per heavy atom. The van der Waals surface area contributed by atoms with Gasteiger partial charge in [-0.2, -0.15) is 10.5 Å². The molecular weight excluding hydrogens is 240 g/mol. The van der Waals surface area contributed by atoms with Crippen molar-refractivity contribution in [1.29, 1.82) is 10.5 Å². The maximum atomic E-state index is 8.67. The molecule has 0 radical (unpaired) electrons. The van der Waals surface area contributed by atoms with Gasteiger partial charge < -0.3 is 0 Å². The van der Waals surface area contributed by atoms with E-state index in [1.807, 2.05) is 10.8 Å². The summed E-state index contributed by atoms with van der Waals surface area (Å²) in [5, 5.41) is 21.3. The van der Waals surface area contributed by atoms with Crippen molar-refractivity contribution in [2.45, 2.75) is 9.79 Å². The molecule has 2 rings (SSSR count). The minimum atomic E-state index is 0.725. The van der Waals surface area contributed by atoms with Crippen LogP contribution in [-0.2, 0) is 0 Å². The van der Waals surface area contributed by atoms with Gasteiger partial charge in [-0.05, 0) is 35.7 Å². The molecule has 0 saturated heterocycles. The molecular formula is C10H4N4S2. The van der Waals surface area contributed by atoms with Gasteiger partial charge in [-0.1, -0.05) is 0 Å². The first-order valence-electron chi connectivity index (χ1n) is 4.22. The van der Waals surface area contributed by atoms with Crippen LogP contribution in [-0.4, -0.2) is 9.97 Å². The number of hydrogen-bond acceptors (Lipinski definition) is 6. The lowest BCUT2D eigenvalue weighted by Crippen LogP contribution is -1.85. The molecule has 0 fully saturated rings. The highest BCUT2D eigenvalue weighted by Gasteiger charge is 2.07. The minimum absolute atomic E-state index is 0.725. The molecule has 0 N–H and O–H groups in total. The Bertz CT molecular complexity index is 558. The van der Waals surface area contributed by atoms with Crippen LogP contribution in [0, 0.1) is 21.3 Å². The van der Waals surface area contributed by atoms with E-state index in [2.05, 4.69) is 9.97 Å². The Morgan fingerprint density at radius 3 is 1.69 bits per heavy atom. The first-order valence-corrected chi connectivity index (χ1v) is 5.85. The molecule has 0 spiro atoms. The van der Waals surface area contributed by atoms with Crippen molar-refractivity contribution >= 4 is 34.6 Å². The molecule has 16 heavy (non-hydrogen) atoms. The van der Waals surface area contributed by atoms with Crippen molar-refractivity contribution < 1.29 is 0 Å². The fraction of sp³-hybridized carbons (Fsp3) is 0. The Hall–Kier alpha value is -1.76. The smallest absolute Gasteiger partial charge is 0.138 e. The van der Waals surface area contributed by atoms with E-state index >= 15 is 0 Å². The fourth-order valence-corrected chi connectivity index (χ4v) is 2.34. The average molecular weight is 244 g/mol. The molecule has 2 aromatic rings. The van der Waals surface area contributed by atoms with Gasteiger partial charge in [0.2, 0.25) is 0 Å². The molecule has 0 aliphatic carbocycles. The van der Waals surface area contributed by atoms with Gasteiger partial charge in [-0.25, -0.2) is 0 Å². The summed E-state index contributed by atoms with van der Waals surface area (Å²) in [6.45, 7) is 0. The second kappa shape index (κ2) is 4.84. The first kappa shape index (κ1) is 10.7. The van der Waals surface area contributed by atoms with Gasteiger partial charge in [0.1, 0.15) is 10.8 Å². The van der Waals surface area contributed by atoms with Gasteiger partial charge >= 0.3 is 0 Å². The Labute approximate surface area is 100 Å². The van der Waals surface area contributed by atoms with Crippen molar-refractivity contribution in [3.8, 4) is 10.8 Å². The molecule has 1 heterocycles. The van der Waals surface area contributed by atoms with E-state index < -0.39 is 0 Å². The summed E-state index contributed by atoms with van der Waals surface area (Å²) >= 11 is 2.05. The van der Waals surface area contributed by atoms with E-state index in [0.717, 1.165) is 44.3 Å². The van der Waals surface area contributed by atoms with E-state index in [0.29, 0.717) is 0 Å². The second-order valence-electron chi connectivity index (χ2n) is 2.73. The van der Waals surface area contributed by atoms with Crippen molar-refractivity contribution in [2.75, 3.05) is 0 Å². The maximum Gasteiger partial charge on any atom is 0.138 e. The summed E-state index contributed by atoms with van der Waals surface area (Å²) in [7, 11) is 0. The summed E-state index contributed by atoms with van der Waals surface area (Å²) in [5.41, 5.74) is 1.45. The van der Waals surface area contributed by atoms with Crippen LogP contribution in [0.15, 0.2) is 34.3 Å². The zero-order chi connectivity index (χ0) is 11.4. The van der Waals surface area contributed by atoms with E-state index in [9.17, 15) is 0 Å².